The molecule has 0 spiro atoms. The molecule has 0 amide bonds. The zero-order chi connectivity index (χ0) is 18.4. The number of nitrogens with zero attached hydrogens (tertiary/aromatic N) is 6. The number of rotatable bonds is 4. The number of thiophene rings is 1. The maximum Gasteiger partial charge on any atom is 0.141 e. The molecule has 7 heteroatoms. The third kappa shape index (κ3) is 2.70. The van der Waals surface area contributed by atoms with Crippen LogP contribution in [0.2, 0.25) is 0 Å². The smallest absolute Gasteiger partial charge is 0.141 e. The van der Waals surface area contributed by atoms with Gasteiger partial charge < -0.3 is 4.90 Å². The normalized spacial score (nSPS) is 14.4. The molecule has 1 aromatic carbocycles. The first-order chi connectivity index (χ1) is 13.2. The Balaban J connectivity index is 1.49. The van der Waals surface area contributed by atoms with Crippen molar-refractivity contribution in [3.05, 3.63) is 59.3 Å². The van der Waals surface area contributed by atoms with Gasteiger partial charge in [0.05, 0.1) is 17.1 Å². The van der Waals surface area contributed by atoms with E-state index in [-0.39, 0.29) is 6.04 Å². The van der Waals surface area contributed by atoms with Gasteiger partial charge in [0.15, 0.2) is 0 Å². The van der Waals surface area contributed by atoms with Crippen LogP contribution in [0.4, 0.5) is 5.82 Å². The van der Waals surface area contributed by atoms with Crippen LogP contribution in [0.1, 0.15) is 35.4 Å². The van der Waals surface area contributed by atoms with E-state index >= 15 is 0 Å². The van der Waals surface area contributed by atoms with Crippen molar-refractivity contribution >= 4 is 27.4 Å². The van der Waals surface area contributed by atoms with Crippen LogP contribution in [0.15, 0.2) is 43.2 Å². The van der Waals surface area contributed by atoms with Gasteiger partial charge in [-0.15, -0.1) is 11.3 Å². The van der Waals surface area contributed by atoms with Crippen LogP contribution in [0.3, 0.4) is 0 Å². The molecule has 5 rings (SSSR count). The highest BCUT2D eigenvalue weighted by Gasteiger charge is 2.24. The van der Waals surface area contributed by atoms with Crippen molar-refractivity contribution in [1.29, 1.82) is 0 Å². The highest BCUT2D eigenvalue weighted by atomic mass is 32.1. The highest BCUT2D eigenvalue weighted by Crippen LogP contribution is 2.41. The fraction of sp³-hybridized carbons (Fsp3) is 0.300. The van der Waals surface area contributed by atoms with Crippen molar-refractivity contribution in [3.63, 3.8) is 0 Å². The second-order valence-electron chi connectivity index (χ2n) is 6.95. The van der Waals surface area contributed by atoms with Gasteiger partial charge in [0, 0.05) is 11.9 Å². The van der Waals surface area contributed by atoms with Gasteiger partial charge in [0.1, 0.15) is 29.6 Å². The lowest BCUT2D eigenvalue weighted by molar-refractivity contribution is 0.730. The minimum Gasteiger partial charge on any atom is -0.352 e. The third-order valence-corrected chi connectivity index (χ3v) is 6.65. The number of aromatic nitrogens is 5. The first kappa shape index (κ1) is 16.4. The molecule has 0 saturated heterocycles. The van der Waals surface area contributed by atoms with E-state index < -0.39 is 0 Å². The molecule has 0 fully saturated rings. The zero-order valence-electron chi connectivity index (χ0n) is 15.3. The van der Waals surface area contributed by atoms with E-state index in [0.29, 0.717) is 0 Å². The molecule has 6 nitrogen and oxygen atoms in total. The predicted molar refractivity (Wildman–Crippen MR) is 108 cm³/mol. The average Bonchev–Trinajstić information content (AvgIpc) is 3.43. The monoisotopic (exact) mass is 376 g/mol. The molecule has 27 heavy (non-hydrogen) atoms. The molecule has 0 radical (unpaired) electrons. The van der Waals surface area contributed by atoms with Gasteiger partial charge in [-0.05, 0) is 49.4 Å². The molecule has 1 aliphatic rings. The van der Waals surface area contributed by atoms with Gasteiger partial charge in [0.25, 0.3) is 0 Å². The number of fused-ring (bicyclic) bond motifs is 3. The van der Waals surface area contributed by atoms with Gasteiger partial charge in [-0.1, -0.05) is 12.1 Å². The van der Waals surface area contributed by atoms with Crippen LogP contribution in [0.25, 0.3) is 15.9 Å². The van der Waals surface area contributed by atoms with E-state index in [4.69, 9.17) is 0 Å². The number of hydrogen-bond acceptors (Lipinski definition) is 6. The fourth-order valence-corrected chi connectivity index (χ4v) is 5.06. The standard InChI is InChI=1S/C20H20N6S/c1-13(14-6-8-15(9-7-14)26-12-21-10-24-26)25(2)19-18-16-4-3-5-17(16)27-20(18)23-11-22-19/h6-13H,3-5H2,1-2H3/t13-/m1/s1. The average molecular weight is 376 g/mol. The summed E-state index contributed by atoms with van der Waals surface area (Å²) < 4.78 is 1.76. The molecule has 1 atom stereocenters. The van der Waals surface area contributed by atoms with Gasteiger partial charge >= 0.3 is 0 Å². The van der Waals surface area contributed by atoms with E-state index in [2.05, 4.69) is 63.2 Å². The Morgan fingerprint density at radius 3 is 2.74 bits per heavy atom. The van der Waals surface area contributed by atoms with Crippen molar-refractivity contribution in [2.45, 2.75) is 32.2 Å². The van der Waals surface area contributed by atoms with Crippen LogP contribution in [0.5, 0.6) is 0 Å². The maximum atomic E-state index is 4.66. The lowest BCUT2D eigenvalue weighted by Crippen LogP contribution is -2.23. The number of anilines is 1. The van der Waals surface area contributed by atoms with Crippen molar-refractivity contribution < 1.29 is 0 Å². The largest absolute Gasteiger partial charge is 0.352 e. The van der Waals surface area contributed by atoms with Gasteiger partial charge in [-0.2, -0.15) is 5.10 Å². The Morgan fingerprint density at radius 1 is 1.11 bits per heavy atom. The van der Waals surface area contributed by atoms with Crippen LogP contribution >= 0.6 is 11.3 Å². The summed E-state index contributed by atoms with van der Waals surface area (Å²) in [5.74, 6) is 1.03. The van der Waals surface area contributed by atoms with Crippen LogP contribution in [-0.4, -0.2) is 31.8 Å². The maximum absolute atomic E-state index is 4.66. The summed E-state index contributed by atoms with van der Waals surface area (Å²) in [4.78, 5) is 18.1. The Labute approximate surface area is 161 Å². The summed E-state index contributed by atoms with van der Waals surface area (Å²) in [6.45, 7) is 2.21. The Kier molecular flexibility index (Phi) is 3.89. The number of aryl methyl sites for hydroxylation is 2. The quantitative estimate of drug-likeness (QED) is 0.540. The zero-order valence-corrected chi connectivity index (χ0v) is 16.1. The molecule has 1 aliphatic carbocycles. The minimum absolute atomic E-state index is 0.199. The van der Waals surface area contributed by atoms with E-state index in [1.54, 1.807) is 23.7 Å². The molecular formula is C20H20N6S. The number of benzene rings is 1. The van der Waals surface area contributed by atoms with Crippen LogP contribution in [0, 0.1) is 0 Å². The summed E-state index contributed by atoms with van der Waals surface area (Å²) >= 11 is 1.83. The van der Waals surface area contributed by atoms with Crippen molar-refractivity contribution in [3.8, 4) is 5.69 Å². The molecule has 3 heterocycles. The summed E-state index contributed by atoms with van der Waals surface area (Å²) in [5.41, 5.74) is 3.71. The Hall–Kier alpha value is -2.80. The summed E-state index contributed by atoms with van der Waals surface area (Å²) in [7, 11) is 2.12. The van der Waals surface area contributed by atoms with Crippen LogP contribution < -0.4 is 4.90 Å². The van der Waals surface area contributed by atoms with Gasteiger partial charge in [0.2, 0.25) is 0 Å². The molecule has 3 aromatic heterocycles. The van der Waals surface area contributed by atoms with E-state index in [0.717, 1.165) is 22.8 Å². The van der Waals surface area contributed by atoms with Crippen molar-refractivity contribution in [1.82, 2.24) is 24.7 Å². The molecule has 0 saturated carbocycles. The molecule has 0 unspecified atom stereocenters. The molecule has 4 aromatic rings. The topological polar surface area (TPSA) is 59.7 Å². The number of hydrogen-bond donors (Lipinski definition) is 0. The first-order valence-electron chi connectivity index (χ1n) is 9.15. The van der Waals surface area contributed by atoms with Crippen LogP contribution in [-0.2, 0) is 12.8 Å². The minimum atomic E-state index is 0.199. The summed E-state index contributed by atoms with van der Waals surface area (Å²) in [6.07, 6.45) is 8.52. The molecule has 0 aliphatic heterocycles. The molecular weight excluding hydrogens is 356 g/mol. The van der Waals surface area contributed by atoms with E-state index in [9.17, 15) is 0 Å². The highest BCUT2D eigenvalue weighted by molar-refractivity contribution is 7.19. The predicted octanol–water partition coefficient (Wildman–Crippen LogP) is 3.96. The SMILES string of the molecule is C[C@H](c1ccc(-n2cncn2)cc1)N(C)c1ncnc2sc3c(c12)CCC3. The van der Waals surface area contributed by atoms with E-state index in [1.807, 2.05) is 11.3 Å². The summed E-state index contributed by atoms with van der Waals surface area (Å²) in [5, 5.41) is 5.44. The molecule has 0 N–H and O–H groups in total. The van der Waals surface area contributed by atoms with Gasteiger partial charge in [-0.3, -0.25) is 0 Å². The molecule has 136 valence electrons. The summed E-state index contributed by atoms with van der Waals surface area (Å²) in [6, 6.07) is 8.65. The van der Waals surface area contributed by atoms with E-state index in [1.165, 1.54) is 34.2 Å². The van der Waals surface area contributed by atoms with Crippen molar-refractivity contribution in [2.75, 3.05) is 11.9 Å². The first-order valence-corrected chi connectivity index (χ1v) is 9.97. The molecule has 0 bridgehead atoms. The Bertz CT molecular complexity index is 1080. The second-order valence-corrected chi connectivity index (χ2v) is 8.04. The Morgan fingerprint density at radius 2 is 1.96 bits per heavy atom. The second kappa shape index (κ2) is 6.42. The van der Waals surface area contributed by atoms with Gasteiger partial charge in [-0.25, -0.2) is 19.6 Å². The lowest BCUT2D eigenvalue weighted by Gasteiger charge is -2.27. The lowest BCUT2D eigenvalue weighted by atomic mass is 10.1. The fourth-order valence-electron chi connectivity index (χ4n) is 3.83. The van der Waals surface area contributed by atoms with Crippen molar-refractivity contribution in [2.24, 2.45) is 0 Å². The third-order valence-electron chi connectivity index (χ3n) is 5.46.